The van der Waals surface area contributed by atoms with Crippen molar-refractivity contribution in [3.8, 4) is 0 Å². The van der Waals surface area contributed by atoms with Crippen LogP contribution in [0.4, 0.5) is 0 Å². The van der Waals surface area contributed by atoms with Crippen LogP contribution in [0.3, 0.4) is 0 Å². The molecular formula is C5H4BrN5. The number of nitrogen functional groups attached to an aromatic ring is 1. The number of imidazole rings is 1. The van der Waals surface area contributed by atoms with Crippen LogP contribution >= 0.6 is 15.9 Å². The predicted octanol–water partition coefficient (Wildman–Crippen LogP) is 0.303. The zero-order valence-corrected chi connectivity index (χ0v) is 6.98. The minimum absolute atomic E-state index is 0.617. The maximum atomic E-state index is 5.49. The standard InChI is InChI=1S/C5H4BrN5/c6-4-3-5(9-1-8-4)11(7)2-10-3/h1-2H,7H2. The number of nitrogens with zero attached hydrogens (tertiary/aromatic N) is 4. The van der Waals surface area contributed by atoms with Crippen LogP contribution in [0.1, 0.15) is 0 Å². The molecule has 2 rings (SSSR count). The quantitative estimate of drug-likeness (QED) is 0.505. The molecule has 2 aromatic heterocycles. The molecule has 2 N–H and O–H groups in total. The fourth-order valence-electron chi connectivity index (χ4n) is 0.823. The molecule has 0 saturated carbocycles. The summed E-state index contributed by atoms with van der Waals surface area (Å²) in [5.74, 6) is 5.49. The molecule has 0 atom stereocenters. The third-order valence-corrected chi connectivity index (χ3v) is 1.89. The van der Waals surface area contributed by atoms with Gasteiger partial charge < -0.3 is 5.84 Å². The van der Waals surface area contributed by atoms with E-state index >= 15 is 0 Å². The third kappa shape index (κ3) is 0.864. The van der Waals surface area contributed by atoms with Gasteiger partial charge in [0.15, 0.2) is 5.65 Å². The van der Waals surface area contributed by atoms with Gasteiger partial charge in [-0.1, -0.05) is 0 Å². The summed E-state index contributed by atoms with van der Waals surface area (Å²) < 4.78 is 2.01. The number of fused-ring (bicyclic) bond motifs is 1. The molecule has 0 radical (unpaired) electrons. The van der Waals surface area contributed by atoms with Crippen LogP contribution in [0.25, 0.3) is 11.2 Å². The molecule has 5 nitrogen and oxygen atoms in total. The summed E-state index contributed by atoms with van der Waals surface area (Å²) in [5.41, 5.74) is 1.29. The SMILES string of the molecule is Nn1cnc2c(Br)ncnc21. The number of nitrogens with two attached hydrogens (primary N) is 1. The van der Waals surface area contributed by atoms with Crippen LogP contribution in [-0.4, -0.2) is 19.6 Å². The van der Waals surface area contributed by atoms with Crippen LogP contribution in [0.15, 0.2) is 17.3 Å². The van der Waals surface area contributed by atoms with Crippen LogP contribution in [0, 0.1) is 0 Å². The summed E-state index contributed by atoms with van der Waals surface area (Å²) in [4.78, 5) is 11.8. The van der Waals surface area contributed by atoms with Crippen LogP contribution in [0.5, 0.6) is 0 Å². The largest absolute Gasteiger partial charge is 0.336 e. The molecule has 6 heteroatoms. The van der Waals surface area contributed by atoms with Crippen molar-refractivity contribution in [3.63, 3.8) is 0 Å². The highest BCUT2D eigenvalue weighted by Crippen LogP contribution is 2.15. The molecule has 0 spiro atoms. The summed E-state index contributed by atoms with van der Waals surface area (Å²) >= 11 is 3.23. The number of hydrogen-bond acceptors (Lipinski definition) is 4. The fraction of sp³-hybridized carbons (Fsp3) is 0. The van der Waals surface area contributed by atoms with Crippen molar-refractivity contribution >= 4 is 27.1 Å². The smallest absolute Gasteiger partial charge is 0.182 e. The topological polar surface area (TPSA) is 69.6 Å². The molecule has 2 aromatic rings. The van der Waals surface area contributed by atoms with E-state index in [1.807, 2.05) is 0 Å². The first-order valence-corrected chi connectivity index (χ1v) is 3.67. The Morgan fingerprint density at radius 1 is 1.36 bits per heavy atom. The molecule has 2 heterocycles. The number of halogens is 1. The molecule has 11 heavy (non-hydrogen) atoms. The van der Waals surface area contributed by atoms with E-state index in [2.05, 4.69) is 30.9 Å². The van der Waals surface area contributed by atoms with Crippen molar-refractivity contribution < 1.29 is 0 Å². The van der Waals surface area contributed by atoms with E-state index < -0.39 is 0 Å². The molecular weight excluding hydrogens is 210 g/mol. The van der Waals surface area contributed by atoms with E-state index in [1.54, 1.807) is 0 Å². The highest BCUT2D eigenvalue weighted by Gasteiger charge is 2.04. The lowest BCUT2D eigenvalue weighted by Crippen LogP contribution is -2.06. The zero-order valence-electron chi connectivity index (χ0n) is 5.40. The second-order valence-electron chi connectivity index (χ2n) is 1.99. The van der Waals surface area contributed by atoms with Crippen LogP contribution in [-0.2, 0) is 0 Å². The normalized spacial score (nSPS) is 10.6. The van der Waals surface area contributed by atoms with Crippen molar-refractivity contribution in [2.45, 2.75) is 0 Å². The van der Waals surface area contributed by atoms with Crippen molar-refractivity contribution in [3.05, 3.63) is 17.3 Å². The number of aromatic nitrogens is 4. The van der Waals surface area contributed by atoms with Gasteiger partial charge in [-0.25, -0.2) is 19.6 Å². The van der Waals surface area contributed by atoms with E-state index in [9.17, 15) is 0 Å². The highest BCUT2D eigenvalue weighted by molar-refractivity contribution is 9.10. The van der Waals surface area contributed by atoms with Gasteiger partial charge in [0, 0.05) is 0 Å². The van der Waals surface area contributed by atoms with Gasteiger partial charge in [-0.3, -0.25) is 0 Å². The lowest BCUT2D eigenvalue weighted by molar-refractivity contribution is 1.01. The molecule has 0 aliphatic rings. The minimum atomic E-state index is 0.617. The summed E-state index contributed by atoms with van der Waals surface area (Å²) in [6, 6.07) is 0. The predicted molar refractivity (Wildman–Crippen MR) is 43.2 cm³/mol. The first kappa shape index (κ1) is 6.53. The maximum Gasteiger partial charge on any atom is 0.182 e. The molecule has 0 aliphatic heterocycles. The van der Waals surface area contributed by atoms with E-state index in [0.717, 1.165) is 0 Å². The van der Waals surface area contributed by atoms with Gasteiger partial charge in [-0.05, 0) is 15.9 Å². The first-order valence-electron chi connectivity index (χ1n) is 2.87. The fourth-order valence-corrected chi connectivity index (χ4v) is 1.19. The van der Waals surface area contributed by atoms with Gasteiger partial charge in [0.1, 0.15) is 22.8 Å². The number of rotatable bonds is 0. The van der Waals surface area contributed by atoms with E-state index in [-0.39, 0.29) is 0 Å². The second kappa shape index (κ2) is 2.16. The van der Waals surface area contributed by atoms with Gasteiger partial charge in [0.2, 0.25) is 0 Å². The summed E-state index contributed by atoms with van der Waals surface area (Å²) in [6.07, 6.45) is 2.92. The van der Waals surface area contributed by atoms with Crippen LogP contribution in [0.2, 0.25) is 0 Å². The van der Waals surface area contributed by atoms with Gasteiger partial charge in [-0.2, -0.15) is 0 Å². The monoisotopic (exact) mass is 213 g/mol. The van der Waals surface area contributed by atoms with Crippen molar-refractivity contribution in [1.82, 2.24) is 19.6 Å². The Kier molecular flexibility index (Phi) is 1.28. The van der Waals surface area contributed by atoms with Crippen molar-refractivity contribution in [2.24, 2.45) is 0 Å². The van der Waals surface area contributed by atoms with Crippen LogP contribution < -0.4 is 5.84 Å². The maximum absolute atomic E-state index is 5.49. The average molecular weight is 214 g/mol. The van der Waals surface area contributed by atoms with Gasteiger partial charge in [0.05, 0.1) is 0 Å². The van der Waals surface area contributed by atoms with Crippen molar-refractivity contribution in [2.75, 3.05) is 5.84 Å². The molecule has 0 aliphatic carbocycles. The minimum Gasteiger partial charge on any atom is -0.336 e. The molecule has 0 fully saturated rings. The highest BCUT2D eigenvalue weighted by atomic mass is 79.9. The summed E-state index contributed by atoms with van der Waals surface area (Å²) in [7, 11) is 0. The Morgan fingerprint density at radius 2 is 2.18 bits per heavy atom. The van der Waals surface area contributed by atoms with E-state index in [1.165, 1.54) is 17.3 Å². The summed E-state index contributed by atoms with van der Waals surface area (Å²) in [5, 5.41) is 0. The van der Waals surface area contributed by atoms with Gasteiger partial charge in [0.25, 0.3) is 0 Å². The Labute approximate surface area is 70.4 Å². The molecule has 56 valence electrons. The van der Waals surface area contributed by atoms with Gasteiger partial charge in [-0.15, -0.1) is 0 Å². The molecule has 0 aromatic carbocycles. The average Bonchev–Trinajstić information content (AvgIpc) is 2.35. The molecule has 0 amide bonds. The third-order valence-electron chi connectivity index (χ3n) is 1.31. The zero-order chi connectivity index (χ0) is 7.84. The lowest BCUT2D eigenvalue weighted by atomic mass is 10.6. The summed E-state index contributed by atoms with van der Waals surface area (Å²) in [6.45, 7) is 0. The Hall–Kier alpha value is -1.17. The Bertz CT molecular complexity index is 395. The first-order chi connectivity index (χ1) is 5.29. The molecule has 0 saturated heterocycles. The molecule has 0 bridgehead atoms. The van der Waals surface area contributed by atoms with Crippen molar-refractivity contribution in [1.29, 1.82) is 0 Å². The lowest BCUT2D eigenvalue weighted by Gasteiger charge is -1.91. The van der Waals surface area contributed by atoms with E-state index in [4.69, 9.17) is 5.84 Å². The second-order valence-corrected chi connectivity index (χ2v) is 2.74. The molecule has 0 unspecified atom stereocenters. The Balaban J connectivity index is 2.94. The van der Waals surface area contributed by atoms with Gasteiger partial charge >= 0.3 is 0 Å². The Morgan fingerprint density at radius 3 is 2.91 bits per heavy atom. The number of hydrogen-bond donors (Lipinski definition) is 1. The van der Waals surface area contributed by atoms with E-state index in [0.29, 0.717) is 15.8 Å².